The fraction of sp³-hybridized carbons (Fsp3) is 0.357. The highest BCUT2D eigenvalue weighted by atomic mass is 15.4. The highest BCUT2D eigenvalue weighted by Gasteiger charge is 2.24. The first-order valence-electron chi connectivity index (χ1n) is 6.83. The van der Waals surface area contributed by atoms with E-state index in [1.165, 1.54) is 0 Å². The molecule has 2 aromatic rings. The molecule has 2 N–H and O–H groups in total. The topological polar surface area (TPSA) is 87.0 Å². The van der Waals surface area contributed by atoms with Crippen LogP contribution >= 0.6 is 0 Å². The second-order valence-corrected chi connectivity index (χ2v) is 5.10. The van der Waals surface area contributed by atoms with E-state index in [1.54, 1.807) is 17.1 Å². The summed E-state index contributed by atoms with van der Waals surface area (Å²) in [6, 6.07) is 5.82. The molecule has 7 heteroatoms. The molecule has 2 aromatic heterocycles. The summed E-state index contributed by atoms with van der Waals surface area (Å²) in [4.78, 5) is 8.36. The van der Waals surface area contributed by atoms with E-state index in [4.69, 9.17) is 5.73 Å². The average molecular weight is 283 g/mol. The summed E-state index contributed by atoms with van der Waals surface area (Å²) in [5.41, 5.74) is 7.35. The molecule has 1 fully saturated rings. The number of nitrogens with zero attached hydrogens (tertiary/aromatic N) is 6. The van der Waals surface area contributed by atoms with Crippen molar-refractivity contribution < 1.29 is 0 Å². The van der Waals surface area contributed by atoms with Crippen molar-refractivity contribution in [3.63, 3.8) is 0 Å². The molecule has 0 radical (unpaired) electrons. The minimum absolute atomic E-state index is 0.373. The number of nitrogen functional groups attached to an aromatic ring is 1. The number of piperazine rings is 1. The molecule has 1 saturated heterocycles. The van der Waals surface area contributed by atoms with E-state index in [-0.39, 0.29) is 0 Å². The van der Waals surface area contributed by atoms with Crippen LogP contribution in [0.15, 0.2) is 24.5 Å². The van der Waals surface area contributed by atoms with Gasteiger partial charge < -0.3 is 15.5 Å². The molecule has 0 amide bonds. The zero-order valence-electron chi connectivity index (χ0n) is 11.9. The average Bonchev–Trinajstić information content (AvgIpc) is 2.85. The second-order valence-electron chi connectivity index (χ2n) is 5.10. The first kappa shape index (κ1) is 13.4. The number of nitrogens with two attached hydrogens (primary N) is 1. The highest BCUT2D eigenvalue weighted by Crippen LogP contribution is 2.27. The van der Waals surface area contributed by atoms with Crippen molar-refractivity contribution in [3.05, 3.63) is 30.1 Å². The molecule has 0 spiro atoms. The van der Waals surface area contributed by atoms with Crippen LogP contribution in [0.2, 0.25) is 0 Å². The SMILES string of the molecule is CN1CCN(c2nn(-c3ccncc3)c(N)c2C#N)CC1. The molecular formula is C14H17N7. The van der Waals surface area contributed by atoms with Crippen molar-refractivity contribution in [2.75, 3.05) is 43.9 Å². The third kappa shape index (κ3) is 2.41. The van der Waals surface area contributed by atoms with Crippen LogP contribution in [0.5, 0.6) is 0 Å². The zero-order chi connectivity index (χ0) is 14.8. The van der Waals surface area contributed by atoms with Gasteiger partial charge in [0.2, 0.25) is 0 Å². The molecule has 1 aliphatic rings. The fourth-order valence-corrected chi connectivity index (χ4v) is 2.45. The van der Waals surface area contributed by atoms with Crippen LogP contribution in [0.25, 0.3) is 5.69 Å². The maximum atomic E-state index is 9.41. The lowest BCUT2D eigenvalue weighted by atomic mass is 10.2. The monoisotopic (exact) mass is 283 g/mol. The molecule has 7 nitrogen and oxygen atoms in total. The first-order chi connectivity index (χ1) is 10.2. The van der Waals surface area contributed by atoms with Gasteiger partial charge >= 0.3 is 0 Å². The number of pyridine rings is 1. The van der Waals surface area contributed by atoms with Crippen LogP contribution in [0.3, 0.4) is 0 Å². The van der Waals surface area contributed by atoms with E-state index in [0.29, 0.717) is 17.2 Å². The molecule has 3 rings (SSSR count). The third-order valence-electron chi connectivity index (χ3n) is 3.72. The lowest BCUT2D eigenvalue weighted by Gasteiger charge is -2.32. The number of hydrogen-bond acceptors (Lipinski definition) is 6. The van der Waals surface area contributed by atoms with Crippen molar-refractivity contribution in [1.82, 2.24) is 19.7 Å². The van der Waals surface area contributed by atoms with E-state index in [9.17, 15) is 5.26 Å². The van der Waals surface area contributed by atoms with Gasteiger partial charge in [0.25, 0.3) is 0 Å². The Morgan fingerprint density at radius 3 is 2.48 bits per heavy atom. The van der Waals surface area contributed by atoms with Gasteiger partial charge in [0.15, 0.2) is 5.82 Å². The highest BCUT2D eigenvalue weighted by molar-refractivity contribution is 5.67. The molecule has 0 bridgehead atoms. The predicted molar refractivity (Wildman–Crippen MR) is 80.2 cm³/mol. The largest absolute Gasteiger partial charge is 0.382 e. The number of nitriles is 1. The molecular weight excluding hydrogens is 266 g/mol. The summed E-state index contributed by atoms with van der Waals surface area (Å²) in [6.07, 6.45) is 3.36. The smallest absolute Gasteiger partial charge is 0.171 e. The summed E-state index contributed by atoms with van der Waals surface area (Å²) in [5, 5.41) is 14.0. The summed E-state index contributed by atoms with van der Waals surface area (Å²) >= 11 is 0. The van der Waals surface area contributed by atoms with Crippen molar-refractivity contribution >= 4 is 11.6 Å². The number of rotatable bonds is 2. The minimum Gasteiger partial charge on any atom is -0.382 e. The Morgan fingerprint density at radius 1 is 1.19 bits per heavy atom. The zero-order valence-corrected chi connectivity index (χ0v) is 11.9. The van der Waals surface area contributed by atoms with Gasteiger partial charge in [-0.1, -0.05) is 0 Å². The molecule has 21 heavy (non-hydrogen) atoms. The molecule has 0 aliphatic carbocycles. The van der Waals surface area contributed by atoms with Gasteiger partial charge in [0.1, 0.15) is 17.5 Å². The van der Waals surface area contributed by atoms with E-state index in [1.807, 2.05) is 12.1 Å². The normalized spacial score (nSPS) is 15.9. The van der Waals surface area contributed by atoms with Crippen molar-refractivity contribution in [1.29, 1.82) is 5.26 Å². The quantitative estimate of drug-likeness (QED) is 0.862. The summed E-state index contributed by atoms with van der Waals surface area (Å²) < 4.78 is 1.61. The number of hydrogen-bond donors (Lipinski definition) is 1. The Bertz CT molecular complexity index is 663. The summed E-state index contributed by atoms with van der Waals surface area (Å²) in [6.45, 7) is 3.59. The number of likely N-dealkylation sites (N-methyl/N-ethyl adjacent to an activating group) is 1. The van der Waals surface area contributed by atoms with E-state index >= 15 is 0 Å². The molecule has 0 aromatic carbocycles. The molecule has 3 heterocycles. The van der Waals surface area contributed by atoms with E-state index in [2.05, 4.69) is 33.0 Å². The lowest BCUT2D eigenvalue weighted by molar-refractivity contribution is 0.312. The number of anilines is 2. The van der Waals surface area contributed by atoms with Gasteiger partial charge in [0.05, 0.1) is 5.69 Å². The Hall–Kier alpha value is -2.59. The van der Waals surface area contributed by atoms with Gasteiger partial charge in [-0.05, 0) is 19.2 Å². The van der Waals surface area contributed by atoms with Crippen LogP contribution in [0.1, 0.15) is 5.56 Å². The van der Waals surface area contributed by atoms with E-state index < -0.39 is 0 Å². The Morgan fingerprint density at radius 2 is 1.86 bits per heavy atom. The van der Waals surface area contributed by atoms with Crippen molar-refractivity contribution in [3.8, 4) is 11.8 Å². The summed E-state index contributed by atoms with van der Waals surface area (Å²) in [7, 11) is 2.09. The Kier molecular flexibility index (Phi) is 3.46. The minimum atomic E-state index is 0.373. The van der Waals surface area contributed by atoms with Crippen LogP contribution in [-0.2, 0) is 0 Å². The van der Waals surface area contributed by atoms with Crippen LogP contribution < -0.4 is 10.6 Å². The van der Waals surface area contributed by atoms with Gasteiger partial charge in [0, 0.05) is 38.6 Å². The Balaban J connectivity index is 2.00. The van der Waals surface area contributed by atoms with Gasteiger partial charge in [-0.15, -0.1) is 5.10 Å². The third-order valence-corrected chi connectivity index (χ3v) is 3.72. The maximum absolute atomic E-state index is 9.41. The van der Waals surface area contributed by atoms with Gasteiger partial charge in [-0.25, -0.2) is 4.68 Å². The lowest BCUT2D eigenvalue weighted by Crippen LogP contribution is -2.45. The van der Waals surface area contributed by atoms with Crippen LogP contribution in [-0.4, -0.2) is 52.9 Å². The molecule has 1 aliphatic heterocycles. The fourth-order valence-electron chi connectivity index (χ4n) is 2.45. The maximum Gasteiger partial charge on any atom is 0.171 e. The second kappa shape index (κ2) is 5.42. The summed E-state index contributed by atoms with van der Waals surface area (Å²) in [5.74, 6) is 1.04. The number of aromatic nitrogens is 3. The predicted octanol–water partition coefficient (Wildman–Crippen LogP) is 0.473. The van der Waals surface area contributed by atoms with Crippen LogP contribution in [0.4, 0.5) is 11.6 Å². The standard InChI is InChI=1S/C14H17N7/c1-19-6-8-20(9-7-19)14-12(10-15)13(16)21(18-14)11-2-4-17-5-3-11/h2-5H,6-9,16H2,1H3. The van der Waals surface area contributed by atoms with Crippen molar-refractivity contribution in [2.24, 2.45) is 0 Å². The first-order valence-corrected chi connectivity index (χ1v) is 6.83. The van der Waals surface area contributed by atoms with Crippen molar-refractivity contribution in [2.45, 2.75) is 0 Å². The van der Waals surface area contributed by atoms with Gasteiger partial charge in [-0.2, -0.15) is 5.26 Å². The molecule has 0 saturated carbocycles. The molecule has 108 valence electrons. The molecule has 0 unspecified atom stereocenters. The van der Waals surface area contributed by atoms with E-state index in [0.717, 1.165) is 31.9 Å². The molecule has 0 atom stereocenters. The van der Waals surface area contributed by atoms with Crippen LogP contribution in [0, 0.1) is 11.3 Å². The van der Waals surface area contributed by atoms with Gasteiger partial charge in [-0.3, -0.25) is 4.98 Å². The Labute approximate surface area is 123 Å².